The number of benzene rings is 2. The Morgan fingerprint density at radius 2 is 1.82 bits per heavy atom. The van der Waals surface area contributed by atoms with Crippen molar-refractivity contribution in [2.24, 2.45) is 0 Å². The maximum absolute atomic E-state index is 12.9. The predicted octanol–water partition coefficient (Wildman–Crippen LogP) is 2.65. The van der Waals surface area contributed by atoms with Crippen LogP contribution in [0.25, 0.3) is 16.6 Å². The summed E-state index contributed by atoms with van der Waals surface area (Å²) in [5.74, 6) is 0.897. The van der Waals surface area contributed by atoms with E-state index in [0.29, 0.717) is 35.4 Å². The third-order valence-corrected chi connectivity index (χ3v) is 5.59. The fraction of sp³-hybridized carbons (Fsp3) is 0.292. The Morgan fingerprint density at radius 1 is 1.09 bits per heavy atom. The lowest BCUT2D eigenvalue weighted by molar-refractivity contribution is -0.121. The average Bonchev–Trinajstić information content (AvgIpc) is 3.40. The highest BCUT2D eigenvalue weighted by atomic mass is 16.5. The number of aromatic nitrogens is 5. The van der Waals surface area contributed by atoms with E-state index < -0.39 is 0 Å². The lowest BCUT2D eigenvalue weighted by Gasteiger charge is -2.15. The number of nitrogens with zero attached hydrogens (tertiary/aromatic N) is 5. The van der Waals surface area contributed by atoms with Crippen LogP contribution in [0.3, 0.4) is 0 Å². The molecule has 1 amide bonds. The predicted molar refractivity (Wildman–Crippen MR) is 126 cm³/mol. The van der Waals surface area contributed by atoms with Crippen LogP contribution in [0.5, 0.6) is 11.5 Å². The normalized spacial score (nSPS) is 11.9. The van der Waals surface area contributed by atoms with Gasteiger partial charge in [-0.25, -0.2) is 14.6 Å². The quantitative estimate of drug-likeness (QED) is 0.407. The van der Waals surface area contributed by atoms with E-state index in [0.717, 1.165) is 11.3 Å². The van der Waals surface area contributed by atoms with Crippen LogP contribution in [-0.4, -0.2) is 44.4 Å². The van der Waals surface area contributed by atoms with Crippen molar-refractivity contribution in [3.63, 3.8) is 0 Å². The Morgan fingerprint density at radius 3 is 2.50 bits per heavy atom. The van der Waals surface area contributed by atoms with Crippen molar-refractivity contribution >= 4 is 16.8 Å². The molecule has 4 rings (SSSR count). The van der Waals surface area contributed by atoms with Gasteiger partial charge in [-0.2, -0.15) is 5.10 Å². The Hall–Kier alpha value is -4.21. The van der Waals surface area contributed by atoms with E-state index in [1.807, 2.05) is 31.2 Å². The van der Waals surface area contributed by atoms with Crippen molar-refractivity contribution in [1.82, 2.24) is 29.6 Å². The summed E-state index contributed by atoms with van der Waals surface area (Å²) in [6.07, 6.45) is 5.40. The van der Waals surface area contributed by atoms with E-state index in [4.69, 9.17) is 9.47 Å². The SMILES string of the molecule is COc1cc2ncn(CCCC(=O)NC(C)c3ccc(-n4cncn4)cc3)c(=O)c2cc1OC. The highest BCUT2D eigenvalue weighted by Gasteiger charge is 2.13. The first kappa shape index (κ1) is 23.0. The van der Waals surface area contributed by atoms with E-state index in [2.05, 4.69) is 20.4 Å². The molecule has 2 aromatic heterocycles. The molecule has 10 heteroatoms. The Labute approximate surface area is 196 Å². The van der Waals surface area contributed by atoms with Gasteiger partial charge in [-0.05, 0) is 37.1 Å². The van der Waals surface area contributed by atoms with Gasteiger partial charge in [0.25, 0.3) is 5.56 Å². The zero-order chi connectivity index (χ0) is 24.1. The van der Waals surface area contributed by atoms with Crippen LogP contribution in [0.4, 0.5) is 0 Å². The number of methoxy groups -OCH3 is 2. The molecule has 176 valence electrons. The second-order valence-corrected chi connectivity index (χ2v) is 7.79. The van der Waals surface area contributed by atoms with Crippen molar-refractivity contribution in [3.05, 3.63) is 71.3 Å². The van der Waals surface area contributed by atoms with Crippen LogP contribution in [0.1, 0.15) is 31.4 Å². The van der Waals surface area contributed by atoms with Gasteiger partial charge in [-0.15, -0.1) is 0 Å². The van der Waals surface area contributed by atoms with Crippen LogP contribution in [0, 0.1) is 0 Å². The van der Waals surface area contributed by atoms with Crippen molar-refractivity contribution in [2.75, 3.05) is 14.2 Å². The maximum atomic E-state index is 12.9. The molecule has 0 spiro atoms. The third kappa shape index (κ3) is 4.90. The maximum Gasteiger partial charge on any atom is 0.261 e. The molecule has 0 aliphatic rings. The molecular formula is C24H26N6O4. The Balaban J connectivity index is 1.34. The number of nitrogens with one attached hydrogen (secondary N) is 1. The fourth-order valence-corrected chi connectivity index (χ4v) is 3.71. The first-order chi connectivity index (χ1) is 16.5. The van der Waals surface area contributed by atoms with E-state index in [1.165, 1.54) is 31.4 Å². The lowest BCUT2D eigenvalue weighted by atomic mass is 10.1. The first-order valence-electron chi connectivity index (χ1n) is 10.9. The minimum Gasteiger partial charge on any atom is -0.493 e. The molecular weight excluding hydrogens is 436 g/mol. The topological polar surface area (TPSA) is 113 Å². The zero-order valence-corrected chi connectivity index (χ0v) is 19.3. The summed E-state index contributed by atoms with van der Waals surface area (Å²) in [5, 5.41) is 7.54. The number of fused-ring (bicyclic) bond motifs is 1. The van der Waals surface area contributed by atoms with Gasteiger partial charge in [0.15, 0.2) is 11.5 Å². The summed E-state index contributed by atoms with van der Waals surface area (Å²) in [6, 6.07) is 10.9. The number of aryl methyl sites for hydroxylation is 1. The summed E-state index contributed by atoms with van der Waals surface area (Å²) in [5.41, 5.74) is 2.22. The highest BCUT2D eigenvalue weighted by Crippen LogP contribution is 2.29. The molecule has 2 aromatic carbocycles. The van der Waals surface area contributed by atoms with Crippen molar-refractivity contribution in [1.29, 1.82) is 0 Å². The third-order valence-electron chi connectivity index (χ3n) is 5.59. The molecule has 0 saturated heterocycles. The molecule has 2 heterocycles. The van der Waals surface area contributed by atoms with Crippen molar-refractivity contribution < 1.29 is 14.3 Å². The number of ether oxygens (including phenoxy) is 2. The largest absolute Gasteiger partial charge is 0.493 e. The van der Waals surface area contributed by atoms with Crippen LogP contribution in [-0.2, 0) is 11.3 Å². The monoisotopic (exact) mass is 462 g/mol. The number of amides is 1. The molecule has 1 N–H and O–H groups in total. The summed E-state index contributed by atoms with van der Waals surface area (Å²) in [7, 11) is 3.05. The van der Waals surface area contributed by atoms with Crippen molar-refractivity contribution in [2.45, 2.75) is 32.4 Å². The van der Waals surface area contributed by atoms with Crippen LogP contribution in [0.15, 0.2) is 60.2 Å². The average molecular weight is 463 g/mol. The number of hydrogen-bond donors (Lipinski definition) is 1. The minimum atomic E-state index is -0.188. The molecule has 0 bridgehead atoms. The van der Waals surface area contributed by atoms with Gasteiger partial charge in [-0.1, -0.05) is 12.1 Å². The van der Waals surface area contributed by atoms with Gasteiger partial charge >= 0.3 is 0 Å². The molecule has 10 nitrogen and oxygen atoms in total. The molecule has 1 unspecified atom stereocenters. The Bertz CT molecular complexity index is 1330. The second-order valence-electron chi connectivity index (χ2n) is 7.79. The van der Waals surface area contributed by atoms with Gasteiger partial charge in [0.2, 0.25) is 5.91 Å². The standard InChI is InChI=1S/C24H26N6O4/c1-16(17-6-8-18(9-7-17)30-14-25-13-27-30)28-23(31)5-4-10-29-15-26-20-12-22(34-3)21(33-2)11-19(20)24(29)32/h6-9,11-16H,4-5,10H2,1-3H3,(H,28,31). The molecule has 0 fully saturated rings. The van der Waals surface area contributed by atoms with Gasteiger partial charge in [0.1, 0.15) is 12.7 Å². The molecule has 0 aliphatic heterocycles. The summed E-state index contributed by atoms with van der Waals surface area (Å²) in [4.78, 5) is 33.6. The van der Waals surface area contributed by atoms with Gasteiger partial charge in [0, 0.05) is 19.0 Å². The van der Waals surface area contributed by atoms with Gasteiger partial charge in [-0.3, -0.25) is 14.2 Å². The van der Waals surface area contributed by atoms with Crippen LogP contribution >= 0.6 is 0 Å². The van der Waals surface area contributed by atoms with Crippen molar-refractivity contribution in [3.8, 4) is 17.2 Å². The number of rotatable bonds is 9. The molecule has 34 heavy (non-hydrogen) atoms. The number of carbonyl (C=O) groups excluding carboxylic acids is 1. The number of carbonyl (C=O) groups is 1. The van der Waals surface area contributed by atoms with Gasteiger partial charge in [0.05, 0.1) is 43.2 Å². The molecule has 0 radical (unpaired) electrons. The van der Waals surface area contributed by atoms with E-state index in [1.54, 1.807) is 23.1 Å². The summed E-state index contributed by atoms with van der Waals surface area (Å²) in [6.45, 7) is 2.31. The summed E-state index contributed by atoms with van der Waals surface area (Å²) >= 11 is 0. The van der Waals surface area contributed by atoms with Gasteiger partial charge < -0.3 is 14.8 Å². The molecule has 0 saturated carbocycles. The smallest absolute Gasteiger partial charge is 0.261 e. The molecule has 0 aliphatic carbocycles. The van der Waals surface area contributed by atoms with E-state index >= 15 is 0 Å². The van der Waals surface area contributed by atoms with E-state index in [-0.39, 0.29) is 23.9 Å². The molecule has 4 aromatic rings. The highest BCUT2D eigenvalue weighted by molar-refractivity contribution is 5.81. The second kappa shape index (κ2) is 10.2. The number of hydrogen-bond acceptors (Lipinski definition) is 7. The zero-order valence-electron chi connectivity index (χ0n) is 19.3. The first-order valence-corrected chi connectivity index (χ1v) is 10.9. The van der Waals surface area contributed by atoms with E-state index in [9.17, 15) is 9.59 Å². The minimum absolute atomic E-state index is 0.0824. The van der Waals surface area contributed by atoms with Crippen LogP contribution in [0.2, 0.25) is 0 Å². The molecule has 1 atom stereocenters. The Kier molecular flexibility index (Phi) is 6.86. The summed E-state index contributed by atoms with van der Waals surface area (Å²) < 4.78 is 13.7. The fourth-order valence-electron chi connectivity index (χ4n) is 3.71. The lowest BCUT2D eigenvalue weighted by Crippen LogP contribution is -2.27. The van der Waals surface area contributed by atoms with Crippen LogP contribution < -0.4 is 20.3 Å².